The van der Waals surface area contributed by atoms with E-state index in [0.29, 0.717) is 12.8 Å². The highest BCUT2D eigenvalue weighted by Crippen LogP contribution is 2.37. The molecule has 1 heterocycles. The van der Waals surface area contributed by atoms with Gasteiger partial charge in [-0.25, -0.2) is 4.79 Å². The molecular weight excluding hydrogens is 330 g/mol. The van der Waals surface area contributed by atoms with Crippen LogP contribution in [0.3, 0.4) is 0 Å². The summed E-state index contributed by atoms with van der Waals surface area (Å²) in [6, 6.07) is -0.837. The van der Waals surface area contributed by atoms with Crippen LogP contribution in [0.2, 0.25) is 0 Å². The van der Waals surface area contributed by atoms with Crippen LogP contribution >= 0.6 is 0 Å². The highest BCUT2D eigenvalue weighted by atomic mass is 16.5. The number of esters is 1. The predicted octanol–water partition coefficient (Wildman–Crippen LogP) is -0.0610. The number of carbonyl (C=O) groups excluding carboxylic acids is 5. The number of fused-ring (bicyclic) bond motifs is 1. The van der Waals surface area contributed by atoms with Crippen molar-refractivity contribution in [2.75, 3.05) is 13.2 Å². The Morgan fingerprint density at radius 1 is 1.12 bits per heavy atom. The number of rotatable bonds is 5. The number of nitrogens with zero attached hydrogens (tertiary/aromatic N) is 1. The standard InChI is InChI=1S/C16H23N3O6/c1-9(2)17-16(24)18-12(20)8-25-13(21)7-19-14(22)10-5-3-4-6-11(10)15(19)23/h9-11H,3-8H2,1-2H3,(H2,17,18,20,24)/t10-,11-/m1/s1. The van der Waals surface area contributed by atoms with Crippen LogP contribution < -0.4 is 10.6 Å². The molecule has 2 fully saturated rings. The Hall–Kier alpha value is -2.45. The number of nitrogens with one attached hydrogen (secondary N) is 2. The predicted molar refractivity (Wildman–Crippen MR) is 84.9 cm³/mol. The number of carbonyl (C=O) groups is 5. The molecule has 0 aromatic heterocycles. The summed E-state index contributed by atoms with van der Waals surface area (Å²) in [7, 11) is 0. The maximum Gasteiger partial charge on any atom is 0.326 e. The SMILES string of the molecule is CC(C)NC(=O)NC(=O)COC(=O)CN1C(=O)[C@@H]2CCCC[C@H]2C1=O. The normalized spacial score (nSPS) is 22.6. The molecule has 9 nitrogen and oxygen atoms in total. The molecule has 0 bridgehead atoms. The van der Waals surface area contributed by atoms with Gasteiger partial charge >= 0.3 is 12.0 Å². The van der Waals surface area contributed by atoms with Crippen molar-refractivity contribution < 1.29 is 28.7 Å². The molecule has 9 heteroatoms. The number of ether oxygens (including phenoxy) is 1. The minimum absolute atomic E-state index is 0.147. The van der Waals surface area contributed by atoms with E-state index >= 15 is 0 Å². The molecule has 2 atom stereocenters. The first-order chi connectivity index (χ1) is 11.8. The largest absolute Gasteiger partial charge is 0.454 e. The van der Waals surface area contributed by atoms with E-state index in [4.69, 9.17) is 4.74 Å². The van der Waals surface area contributed by atoms with Gasteiger partial charge in [0.2, 0.25) is 11.8 Å². The quantitative estimate of drug-likeness (QED) is 0.527. The molecule has 138 valence electrons. The Morgan fingerprint density at radius 2 is 1.68 bits per heavy atom. The Morgan fingerprint density at radius 3 is 2.20 bits per heavy atom. The molecule has 5 amide bonds. The lowest BCUT2D eigenvalue weighted by atomic mass is 9.81. The van der Waals surface area contributed by atoms with Gasteiger partial charge in [0, 0.05) is 6.04 Å². The van der Waals surface area contributed by atoms with Crippen LogP contribution in [0.5, 0.6) is 0 Å². The number of amides is 5. The average molecular weight is 353 g/mol. The lowest BCUT2D eigenvalue weighted by Crippen LogP contribution is -2.44. The minimum Gasteiger partial charge on any atom is -0.454 e. The number of likely N-dealkylation sites (tertiary alicyclic amines) is 1. The van der Waals surface area contributed by atoms with Gasteiger partial charge < -0.3 is 10.1 Å². The molecular formula is C16H23N3O6. The van der Waals surface area contributed by atoms with E-state index in [0.717, 1.165) is 17.7 Å². The first-order valence-corrected chi connectivity index (χ1v) is 8.40. The maximum absolute atomic E-state index is 12.2. The third kappa shape index (κ3) is 4.77. The fourth-order valence-corrected chi connectivity index (χ4v) is 3.17. The summed E-state index contributed by atoms with van der Waals surface area (Å²) in [5.41, 5.74) is 0. The van der Waals surface area contributed by atoms with E-state index in [2.05, 4.69) is 5.32 Å². The van der Waals surface area contributed by atoms with Gasteiger partial charge in [-0.3, -0.25) is 29.4 Å². The van der Waals surface area contributed by atoms with Crippen molar-refractivity contribution in [1.82, 2.24) is 15.5 Å². The number of urea groups is 1. The Bertz CT molecular complexity index is 564. The Labute approximate surface area is 145 Å². The minimum atomic E-state index is -0.861. The molecule has 2 N–H and O–H groups in total. The summed E-state index contributed by atoms with van der Waals surface area (Å²) in [4.78, 5) is 60.1. The van der Waals surface area contributed by atoms with Crippen LogP contribution in [0, 0.1) is 11.8 Å². The van der Waals surface area contributed by atoms with Crippen LogP contribution in [0.15, 0.2) is 0 Å². The molecule has 25 heavy (non-hydrogen) atoms. The van der Waals surface area contributed by atoms with Crippen LogP contribution in [-0.2, 0) is 23.9 Å². The van der Waals surface area contributed by atoms with Gasteiger partial charge in [0.25, 0.3) is 5.91 Å². The van der Waals surface area contributed by atoms with Crippen molar-refractivity contribution in [2.24, 2.45) is 11.8 Å². The summed E-state index contributed by atoms with van der Waals surface area (Å²) in [5, 5.41) is 4.46. The molecule has 0 spiro atoms. The number of hydrogen-bond acceptors (Lipinski definition) is 6. The number of imide groups is 2. The van der Waals surface area contributed by atoms with E-state index < -0.39 is 31.1 Å². The molecule has 0 aromatic carbocycles. The van der Waals surface area contributed by atoms with Crippen molar-refractivity contribution >= 4 is 29.7 Å². The van der Waals surface area contributed by atoms with Gasteiger partial charge in [-0.15, -0.1) is 0 Å². The second-order valence-corrected chi connectivity index (χ2v) is 6.60. The molecule has 2 rings (SSSR count). The molecule has 0 unspecified atom stereocenters. The van der Waals surface area contributed by atoms with Gasteiger partial charge in [-0.2, -0.15) is 0 Å². The van der Waals surface area contributed by atoms with E-state index in [1.165, 1.54) is 0 Å². The van der Waals surface area contributed by atoms with Crippen molar-refractivity contribution in [2.45, 2.75) is 45.6 Å². The highest BCUT2D eigenvalue weighted by Gasteiger charge is 2.48. The second-order valence-electron chi connectivity index (χ2n) is 6.60. The van der Waals surface area contributed by atoms with Crippen LogP contribution in [0.25, 0.3) is 0 Å². The van der Waals surface area contributed by atoms with Crippen molar-refractivity contribution in [3.63, 3.8) is 0 Å². The van der Waals surface area contributed by atoms with Crippen molar-refractivity contribution in [3.05, 3.63) is 0 Å². The zero-order valence-electron chi connectivity index (χ0n) is 14.4. The van der Waals surface area contributed by atoms with E-state index in [-0.39, 0.29) is 29.7 Å². The third-order valence-electron chi connectivity index (χ3n) is 4.26. The van der Waals surface area contributed by atoms with Gasteiger partial charge in [0.15, 0.2) is 6.61 Å². The smallest absolute Gasteiger partial charge is 0.326 e. The van der Waals surface area contributed by atoms with Gasteiger partial charge in [-0.05, 0) is 26.7 Å². The molecule has 1 aliphatic heterocycles. The fourth-order valence-electron chi connectivity index (χ4n) is 3.17. The first-order valence-electron chi connectivity index (χ1n) is 8.40. The monoisotopic (exact) mass is 353 g/mol. The van der Waals surface area contributed by atoms with Crippen LogP contribution in [0.4, 0.5) is 4.79 Å². The van der Waals surface area contributed by atoms with E-state index in [9.17, 15) is 24.0 Å². The summed E-state index contributed by atoms with van der Waals surface area (Å²) in [6.45, 7) is 2.29. The van der Waals surface area contributed by atoms with Crippen molar-refractivity contribution in [1.29, 1.82) is 0 Å². The zero-order valence-corrected chi connectivity index (χ0v) is 14.4. The lowest BCUT2D eigenvalue weighted by molar-refractivity contribution is -0.154. The fraction of sp³-hybridized carbons (Fsp3) is 0.688. The molecule has 0 aromatic rings. The topological polar surface area (TPSA) is 122 Å². The maximum atomic E-state index is 12.2. The summed E-state index contributed by atoms with van der Waals surface area (Å²) >= 11 is 0. The third-order valence-corrected chi connectivity index (χ3v) is 4.26. The second kappa shape index (κ2) is 8.09. The first kappa shape index (κ1) is 18.9. The van der Waals surface area contributed by atoms with Gasteiger partial charge in [-0.1, -0.05) is 12.8 Å². The van der Waals surface area contributed by atoms with E-state index in [1.807, 2.05) is 5.32 Å². The van der Waals surface area contributed by atoms with Crippen LogP contribution in [0.1, 0.15) is 39.5 Å². The molecule has 1 aliphatic carbocycles. The average Bonchev–Trinajstić information content (AvgIpc) is 2.77. The Kier molecular flexibility index (Phi) is 6.11. The zero-order chi connectivity index (χ0) is 18.6. The van der Waals surface area contributed by atoms with Crippen molar-refractivity contribution in [3.8, 4) is 0 Å². The number of hydrogen-bond donors (Lipinski definition) is 2. The van der Waals surface area contributed by atoms with E-state index in [1.54, 1.807) is 13.8 Å². The Balaban J connectivity index is 1.78. The summed E-state index contributed by atoms with van der Waals surface area (Å²) in [5.74, 6) is -3.01. The lowest BCUT2D eigenvalue weighted by Gasteiger charge is -2.19. The summed E-state index contributed by atoms with van der Waals surface area (Å²) < 4.78 is 4.74. The summed E-state index contributed by atoms with van der Waals surface area (Å²) in [6.07, 6.45) is 3.12. The molecule has 0 radical (unpaired) electrons. The molecule has 2 aliphatic rings. The van der Waals surface area contributed by atoms with Crippen LogP contribution in [-0.4, -0.2) is 53.8 Å². The molecule has 1 saturated carbocycles. The van der Waals surface area contributed by atoms with Gasteiger partial charge in [0.1, 0.15) is 6.54 Å². The highest BCUT2D eigenvalue weighted by molar-refractivity contribution is 6.07. The van der Waals surface area contributed by atoms with Gasteiger partial charge in [0.05, 0.1) is 11.8 Å². The molecule has 1 saturated heterocycles.